The highest BCUT2D eigenvalue weighted by molar-refractivity contribution is 6.36. The molecular weight excluding hydrogens is 344 g/mol. The Morgan fingerprint density at radius 3 is 2.81 bits per heavy atom. The molecule has 0 spiro atoms. The molecule has 0 aliphatic heterocycles. The predicted molar refractivity (Wildman–Crippen MR) is 107 cm³/mol. The first-order valence-corrected chi connectivity index (χ1v) is 9.46. The Morgan fingerprint density at radius 2 is 2.04 bits per heavy atom. The number of carbonyl (C=O) groups excluding carboxylic acids is 1. The van der Waals surface area contributed by atoms with Gasteiger partial charge in [-0.25, -0.2) is 0 Å². The summed E-state index contributed by atoms with van der Waals surface area (Å²) in [4.78, 5) is 19.7. The molecule has 0 saturated carbocycles. The molecule has 132 valence electrons. The van der Waals surface area contributed by atoms with Crippen LogP contribution in [-0.2, 0) is 12.8 Å². The van der Waals surface area contributed by atoms with Gasteiger partial charge in [-0.05, 0) is 68.5 Å². The Bertz CT molecular complexity index is 1010. The Morgan fingerprint density at radius 1 is 1.19 bits per heavy atom. The van der Waals surface area contributed by atoms with Crippen molar-refractivity contribution >= 4 is 34.1 Å². The molecule has 1 aliphatic rings. The second-order valence-corrected chi connectivity index (χ2v) is 7.20. The summed E-state index contributed by atoms with van der Waals surface area (Å²) in [7, 11) is 0. The van der Waals surface area contributed by atoms with Crippen molar-refractivity contribution in [3.05, 3.63) is 69.9 Å². The van der Waals surface area contributed by atoms with Crippen molar-refractivity contribution in [1.29, 1.82) is 0 Å². The van der Waals surface area contributed by atoms with E-state index in [-0.39, 0.29) is 5.91 Å². The topological polar surface area (TPSA) is 33.2 Å². The molecule has 4 heteroatoms. The van der Waals surface area contributed by atoms with Gasteiger partial charge < -0.3 is 4.90 Å². The maximum Gasteiger partial charge on any atom is 0.258 e. The Labute approximate surface area is 158 Å². The van der Waals surface area contributed by atoms with E-state index < -0.39 is 0 Å². The minimum absolute atomic E-state index is 0.0154. The van der Waals surface area contributed by atoms with Crippen LogP contribution < -0.4 is 4.90 Å². The van der Waals surface area contributed by atoms with Gasteiger partial charge in [-0.1, -0.05) is 29.8 Å². The van der Waals surface area contributed by atoms with Crippen molar-refractivity contribution in [2.24, 2.45) is 0 Å². The zero-order chi connectivity index (χ0) is 18.3. The Kier molecular flexibility index (Phi) is 4.41. The highest BCUT2D eigenvalue weighted by Gasteiger charge is 2.21. The number of anilines is 1. The standard InChI is InChI=1S/C22H21ClN2O/c1-3-25(16-7-4-6-14(2)12-16)22(26)15-10-11-18-20(13-15)24-19-9-5-8-17(19)21(18)23/h4,6-7,10-13H,3,5,8-9H2,1-2H3. The first-order chi connectivity index (χ1) is 12.6. The number of benzene rings is 2. The molecule has 0 radical (unpaired) electrons. The normalized spacial score (nSPS) is 13.0. The quantitative estimate of drug-likeness (QED) is 0.627. The zero-order valence-corrected chi connectivity index (χ0v) is 15.8. The molecule has 0 fully saturated rings. The number of rotatable bonds is 3. The van der Waals surface area contributed by atoms with Crippen LogP contribution >= 0.6 is 11.6 Å². The second-order valence-electron chi connectivity index (χ2n) is 6.82. The SMILES string of the molecule is CCN(C(=O)c1ccc2c(Cl)c3c(nc2c1)CCC3)c1cccc(C)c1. The average molecular weight is 365 g/mol. The van der Waals surface area contributed by atoms with Crippen molar-refractivity contribution in [3.8, 4) is 0 Å². The summed E-state index contributed by atoms with van der Waals surface area (Å²) >= 11 is 6.59. The Balaban J connectivity index is 1.76. The third-order valence-electron chi connectivity index (χ3n) is 5.06. The van der Waals surface area contributed by atoms with Crippen molar-refractivity contribution in [2.75, 3.05) is 11.4 Å². The largest absolute Gasteiger partial charge is 0.309 e. The maximum atomic E-state index is 13.1. The van der Waals surface area contributed by atoms with Gasteiger partial charge in [0.1, 0.15) is 0 Å². The minimum Gasteiger partial charge on any atom is -0.309 e. The van der Waals surface area contributed by atoms with E-state index in [2.05, 4.69) is 0 Å². The molecule has 1 aromatic heterocycles. The van der Waals surface area contributed by atoms with Crippen LogP contribution in [0, 0.1) is 6.92 Å². The fourth-order valence-corrected chi connectivity index (χ4v) is 4.10. The van der Waals surface area contributed by atoms with E-state index >= 15 is 0 Å². The van der Waals surface area contributed by atoms with Gasteiger partial charge in [-0.2, -0.15) is 0 Å². The fraction of sp³-hybridized carbons (Fsp3) is 0.273. The number of fused-ring (bicyclic) bond motifs is 2. The number of amides is 1. The van der Waals surface area contributed by atoms with Crippen molar-refractivity contribution < 1.29 is 4.79 Å². The molecule has 0 N–H and O–H groups in total. The molecule has 4 rings (SSSR count). The summed E-state index contributed by atoms with van der Waals surface area (Å²) in [6, 6.07) is 13.7. The van der Waals surface area contributed by atoms with Gasteiger partial charge in [0.2, 0.25) is 0 Å². The smallest absolute Gasteiger partial charge is 0.258 e. The fourth-order valence-electron chi connectivity index (χ4n) is 3.73. The minimum atomic E-state index is -0.0154. The number of hydrogen-bond acceptors (Lipinski definition) is 2. The zero-order valence-electron chi connectivity index (χ0n) is 15.1. The average Bonchev–Trinajstić information content (AvgIpc) is 3.11. The van der Waals surface area contributed by atoms with Crippen LogP contribution in [0.15, 0.2) is 42.5 Å². The van der Waals surface area contributed by atoms with Crippen LogP contribution in [-0.4, -0.2) is 17.4 Å². The molecule has 0 bridgehead atoms. The molecule has 0 atom stereocenters. The molecule has 1 heterocycles. The molecule has 1 aliphatic carbocycles. The van der Waals surface area contributed by atoms with E-state index in [1.165, 1.54) is 5.56 Å². The van der Waals surface area contributed by atoms with Crippen molar-refractivity contribution in [1.82, 2.24) is 4.98 Å². The lowest BCUT2D eigenvalue weighted by Gasteiger charge is -2.22. The summed E-state index contributed by atoms with van der Waals surface area (Å²) in [5.74, 6) is -0.0154. The second kappa shape index (κ2) is 6.73. The molecule has 2 aromatic carbocycles. The van der Waals surface area contributed by atoms with Crippen LogP contribution in [0.2, 0.25) is 5.02 Å². The van der Waals surface area contributed by atoms with E-state index in [4.69, 9.17) is 16.6 Å². The van der Waals surface area contributed by atoms with Crippen LogP contribution in [0.3, 0.4) is 0 Å². The van der Waals surface area contributed by atoms with Gasteiger partial charge in [-0.15, -0.1) is 0 Å². The highest BCUT2D eigenvalue weighted by atomic mass is 35.5. The van der Waals surface area contributed by atoms with Crippen LogP contribution in [0.25, 0.3) is 10.9 Å². The van der Waals surface area contributed by atoms with Crippen molar-refractivity contribution in [2.45, 2.75) is 33.1 Å². The summed E-state index contributed by atoms with van der Waals surface area (Å²) in [6.45, 7) is 4.63. The van der Waals surface area contributed by atoms with Gasteiger partial charge in [0.25, 0.3) is 5.91 Å². The van der Waals surface area contributed by atoms with E-state index in [0.717, 1.165) is 52.1 Å². The molecule has 0 unspecified atom stereocenters. The monoisotopic (exact) mass is 364 g/mol. The van der Waals surface area contributed by atoms with Gasteiger partial charge >= 0.3 is 0 Å². The molecular formula is C22H21ClN2O. The molecule has 26 heavy (non-hydrogen) atoms. The van der Waals surface area contributed by atoms with E-state index in [1.54, 1.807) is 4.90 Å². The number of aromatic nitrogens is 1. The van der Waals surface area contributed by atoms with Gasteiger partial charge in [0.05, 0.1) is 10.5 Å². The number of carbonyl (C=O) groups is 1. The lowest BCUT2D eigenvalue weighted by molar-refractivity contribution is 0.0988. The third-order valence-corrected chi connectivity index (χ3v) is 5.50. The summed E-state index contributed by atoms with van der Waals surface area (Å²) < 4.78 is 0. The van der Waals surface area contributed by atoms with Gasteiger partial charge in [-0.3, -0.25) is 9.78 Å². The number of hydrogen-bond donors (Lipinski definition) is 0. The number of pyridine rings is 1. The van der Waals surface area contributed by atoms with E-state index in [0.29, 0.717) is 12.1 Å². The summed E-state index contributed by atoms with van der Waals surface area (Å²) in [5.41, 5.74) is 5.75. The van der Waals surface area contributed by atoms with Gasteiger partial charge in [0, 0.05) is 28.9 Å². The molecule has 3 nitrogen and oxygen atoms in total. The van der Waals surface area contributed by atoms with Crippen LogP contribution in [0.5, 0.6) is 0 Å². The summed E-state index contributed by atoms with van der Waals surface area (Å²) in [5, 5.41) is 1.73. The van der Waals surface area contributed by atoms with E-state index in [9.17, 15) is 4.79 Å². The van der Waals surface area contributed by atoms with Crippen LogP contribution in [0.4, 0.5) is 5.69 Å². The molecule has 1 amide bonds. The first kappa shape index (κ1) is 17.0. The first-order valence-electron chi connectivity index (χ1n) is 9.08. The third kappa shape index (κ3) is 2.86. The number of nitrogens with zero attached hydrogens (tertiary/aromatic N) is 2. The van der Waals surface area contributed by atoms with E-state index in [1.807, 2.05) is 56.3 Å². The predicted octanol–water partition coefficient (Wildman–Crippen LogP) is 5.35. The lowest BCUT2D eigenvalue weighted by atomic mass is 10.1. The van der Waals surface area contributed by atoms with Crippen LogP contribution in [0.1, 0.15) is 40.5 Å². The van der Waals surface area contributed by atoms with Crippen molar-refractivity contribution in [3.63, 3.8) is 0 Å². The number of aryl methyl sites for hydroxylation is 2. The molecule has 3 aromatic rings. The Hall–Kier alpha value is -2.39. The summed E-state index contributed by atoms with van der Waals surface area (Å²) in [6.07, 6.45) is 3.06. The lowest BCUT2D eigenvalue weighted by Crippen LogP contribution is -2.30. The highest BCUT2D eigenvalue weighted by Crippen LogP contribution is 2.34. The maximum absolute atomic E-state index is 13.1. The molecule has 0 saturated heterocycles. The van der Waals surface area contributed by atoms with Gasteiger partial charge in [0.15, 0.2) is 0 Å². The number of halogens is 1.